The number of nitrogens with zero attached hydrogens (tertiary/aromatic N) is 1. The highest BCUT2D eigenvalue weighted by atomic mass is 127. The van der Waals surface area contributed by atoms with Gasteiger partial charge in [-0.05, 0) is 413 Å². The van der Waals surface area contributed by atoms with Gasteiger partial charge in [-0.15, -0.1) is 0 Å². The van der Waals surface area contributed by atoms with E-state index in [1.807, 2.05) is 29.2 Å². The van der Waals surface area contributed by atoms with E-state index in [9.17, 15) is 0 Å². The zero-order valence-electron chi connectivity index (χ0n) is 70.9. The van der Waals surface area contributed by atoms with Gasteiger partial charge in [0, 0.05) is 80.3 Å². The van der Waals surface area contributed by atoms with Gasteiger partial charge in [0.1, 0.15) is 0 Å². The van der Waals surface area contributed by atoms with Gasteiger partial charge in [-0.2, -0.15) is 5.26 Å². The molecule has 15 heteroatoms. The normalized spacial score (nSPS) is 15.8. The van der Waals surface area contributed by atoms with E-state index >= 15 is 0 Å². The molecule has 17 aromatic carbocycles. The summed E-state index contributed by atoms with van der Waals surface area (Å²) in [7, 11) is -0.336. The third-order valence-corrected chi connectivity index (χ3v) is 31.6. The van der Waals surface area contributed by atoms with E-state index in [0.717, 1.165) is 48.2 Å². The molecule has 17 aromatic rings. The average Bonchev–Trinajstić information content (AvgIpc) is 1.54. The Balaban J connectivity index is 0.0000000985. The Hall–Kier alpha value is -6.18. The van der Waals surface area contributed by atoms with Crippen LogP contribution in [0, 0.1) is 11.3 Å². The second kappa shape index (κ2) is 33.6. The Labute approximate surface area is 828 Å². The minimum Gasteiger partial charge on any atom is -0.399 e. The van der Waals surface area contributed by atoms with Crippen LogP contribution in [0.4, 0.5) is 0 Å². The molecule has 0 radical (unpaired) electrons. The van der Waals surface area contributed by atoms with Crippen molar-refractivity contribution in [1.29, 1.82) is 5.26 Å². The molecule has 8 aliphatic carbocycles. The van der Waals surface area contributed by atoms with Gasteiger partial charge >= 0.3 is 7.12 Å². The maximum absolute atomic E-state index is 9.04. The Kier molecular flexibility index (Phi) is 23.7. The van der Waals surface area contributed by atoms with Gasteiger partial charge in [-0.25, -0.2) is 0 Å². The lowest BCUT2D eigenvalue weighted by Gasteiger charge is -2.32. The number of alkyl halides is 1. The van der Waals surface area contributed by atoms with Gasteiger partial charge in [0.15, 0.2) is 0 Å². The fourth-order valence-corrected chi connectivity index (χ4v) is 25.6. The van der Waals surface area contributed by atoms with Crippen LogP contribution in [0.1, 0.15) is 164 Å². The van der Waals surface area contributed by atoms with Crippen LogP contribution < -0.4 is 5.46 Å². The average molecular weight is 2390 g/mol. The highest BCUT2D eigenvalue weighted by Crippen LogP contribution is 2.56. The third-order valence-electron chi connectivity index (χ3n) is 28.0. The number of hydrogen-bond acceptors (Lipinski definition) is 3. The van der Waals surface area contributed by atoms with Crippen LogP contribution in [-0.4, -0.2) is 23.3 Å². The molecule has 125 heavy (non-hydrogen) atoms. The van der Waals surface area contributed by atoms with Gasteiger partial charge < -0.3 is 9.31 Å². The van der Waals surface area contributed by atoms with E-state index in [2.05, 4.69) is 460 Å². The number of aryl methyl sites for hydroxylation is 4. The summed E-state index contributed by atoms with van der Waals surface area (Å²) in [5.41, 5.74) is 33.1. The Morgan fingerprint density at radius 1 is 0.280 bits per heavy atom. The summed E-state index contributed by atoms with van der Waals surface area (Å²) < 4.78 is 22.1. The monoisotopic (exact) mass is 2380 g/mol. The van der Waals surface area contributed by atoms with Gasteiger partial charge in [0.2, 0.25) is 0 Å². The van der Waals surface area contributed by atoms with E-state index in [1.54, 1.807) is 22.3 Å². The molecule has 3 nitrogen and oxygen atoms in total. The summed E-state index contributed by atoms with van der Waals surface area (Å²) in [4.78, 5) is 1.97. The third kappa shape index (κ3) is 15.2. The summed E-state index contributed by atoms with van der Waals surface area (Å²) in [6.45, 7) is 22.3. The zero-order valence-corrected chi connectivity index (χ0v) is 88.9. The lowest BCUT2D eigenvalue weighted by molar-refractivity contribution is 0.00578. The first-order valence-electron chi connectivity index (χ1n) is 42.2. The zero-order chi connectivity index (χ0) is 87.7. The van der Waals surface area contributed by atoms with Crippen molar-refractivity contribution in [2.45, 2.75) is 142 Å². The van der Waals surface area contributed by atoms with Crippen LogP contribution >= 0.6 is 178 Å². The van der Waals surface area contributed by atoms with Crippen molar-refractivity contribution in [1.82, 2.24) is 0 Å². The molecule has 0 saturated carbocycles. The van der Waals surface area contributed by atoms with Crippen molar-refractivity contribution in [2.24, 2.45) is 0 Å². The summed E-state index contributed by atoms with van der Waals surface area (Å²) in [6, 6.07) is 86.5. The first kappa shape index (κ1) is 88.1. The number of benzene rings is 17. The smallest absolute Gasteiger partial charge is 0.399 e. The molecular formula is C110H85BBr10INO2. The topological polar surface area (TPSA) is 42.2 Å². The molecule has 0 amide bonds. The molecular weight excluding hydrogens is 2300 g/mol. The molecule has 26 rings (SSSR count). The first-order chi connectivity index (χ1) is 59.9. The fourth-order valence-electron chi connectivity index (χ4n) is 21.6. The van der Waals surface area contributed by atoms with Gasteiger partial charge in [0.05, 0.1) is 22.8 Å². The molecule has 0 unspecified atom stereocenters. The van der Waals surface area contributed by atoms with Crippen molar-refractivity contribution in [2.75, 3.05) is 4.93 Å². The predicted molar refractivity (Wildman–Crippen MR) is 574 cm³/mol. The Bertz CT molecular complexity index is 7290. The van der Waals surface area contributed by atoms with E-state index < -0.39 is 0 Å². The fraction of sp³-hybridized carbons (Fsp3) is 0.209. The van der Waals surface area contributed by atoms with E-state index in [-0.39, 0.29) is 34.6 Å². The lowest BCUT2D eigenvalue weighted by Crippen LogP contribution is -2.41. The highest BCUT2D eigenvalue weighted by molar-refractivity contribution is 14.1. The molecule has 0 spiro atoms. The largest absolute Gasteiger partial charge is 0.494 e. The standard InChI is InChI=1S/C24H16BrN.C23H24BBrO2.C17H12Br2.C15H10Br2.C15H8Br2.C15H12.CH3I.Br2/c1-24(2)20-11-18(15-5-3-14(13-26)4-6-15)9-16-7-8-17-10-19(25)12-21(24)23(17)22(16)20;1-21(2)17-11-15(24-26-22(3,4)23(5,6)27-24)9-13-7-8-14-10-16(25)12-18(21)20(14)19(13)17;1-17(2)13-7-11(18)5-9-3-4-10-6-12(19)8-14(17)16(10)15(9)13;2*16-12-4-8-1-2-9-5-13(17)7-11-3-10(6-12)14(8)15(9)11;1-3-10-7-8-11-4-2-6-13-9-12(5-1)14(10)15(11)13;2*1-2/h3-12H,1-2H3;7-12H,1-6H3;3-8H,1-2H3;4-7H,1-3H2;1-2,4-7H,3H2;1-6H,7-9H2;1H3;. The van der Waals surface area contributed by atoms with Gasteiger partial charge in [0.25, 0.3) is 0 Å². The van der Waals surface area contributed by atoms with E-state index in [1.165, 1.54) is 224 Å². The molecule has 0 atom stereocenters. The molecule has 9 aliphatic rings. The minimum absolute atomic E-state index is 0.0351. The van der Waals surface area contributed by atoms with Crippen molar-refractivity contribution in [3.8, 4) is 39.4 Å². The lowest BCUT2D eigenvalue weighted by atomic mass is 9.74. The number of nitriles is 1. The first-order valence-corrected chi connectivity index (χ1v) is 54.4. The van der Waals surface area contributed by atoms with Crippen LogP contribution in [-0.2, 0) is 70.5 Å². The number of halogens is 11. The summed E-state index contributed by atoms with van der Waals surface area (Å²) in [6.07, 6.45) is 8.07. The van der Waals surface area contributed by atoms with Crippen molar-refractivity contribution < 1.29 is 9.31 Å². The molecule has 1 saturated heterocycles. The molecule has 1 fully saturated rings. The molecule has 1 aliphatic heterocycles. The van der Waals surface area contributed by atoms with E-state index in [0.29, 0.717) is 5.56 Å². The van der Waals surface area contributed by atoms with Crippen LogP contribution in [0.5, 0.6) is 0 Å². The molecule has 0 N–H and O–H groups in total. The van der Waals surface area contributed by atoms with Crippen molar-refractivity contribution in [3.05, 3.63) is 361 Å². The summed E-state index contributed by atoms with van der Waals surface area (Å²) >= 11 is 36.8. The number of hydrogen-bond donors (Lipinski definition) is 0. The van der Waals surface area contributed by atoms with Crippen LogP contribution in [0.2, 0.25) is 0 Å². The Morgan fingerprint density at radius 2 is 0.552 bits per heavy atom. The molecule has 1 heterocycles. The summed E-state index contributed by atoms with van der Waals surface area (Å²) in [5.74, 6) is 0. The summed E-state index contributed by atoms with van der Waals surface area (Å²) in [5, 5.41) is 30.7. The highest BCUT2D eigenvalue weighted by Gasteiger charge is 2.52. The van der Waals surface area contributed by atoms with Crippen LogP contribution in [0.15, 0.2) is 266 Å². The Morgan fingerprint density at radius 3 is 0.928 bits per heavy atom. The van der Waals surface area contributed by atoms with Gasteiger partial charge in [-0.1, -0.05) is 301 Å². The van der Waals surface area contributed by atoms with Crippen molar-refractivity contribution >= 4 is 277 Å². The molecule has 0 bridgehead atoms. The molecule has 0 aromatic heterocycles. The minimum atomic E-state index is -0.336. The maximum atomic E-state index is 9.04. The van der Waals surface area contributed by atoms with Crippen LogP contribution in [0.25, 0.3) is 120 Å². The van der Waals surface area contributed by atoms with E-state index in [4.69, 9.17) is 14.6 Å². The second-order valence-corrected chi connectivity index (χ2v) is 44.2. The number of rotatable bonds is 2. The SMILES string of the molecule is BrBr.Brc1cc2c3c(c1)Cc1cc(Br)cc(c1-3)CC2.Brc1cc2c3c(ccc4cc(Br)cc(c43)C2)c1.CC1(C)c2cc(Br)cc3ccc4cc(-c5ccc(C#N)cc5)cc1c4c23.CC1(C)c2cc(Br)cc3ccc4cc(B5OC(C)(C)C(C)(C)O5)cc1c4c23.CC1(C)c2cc(Br)cc3ccc4cc(Br)cc1c4c23.CI.c1cc2c3c(c1)Cc1cccc(c1-3)CC2. The van der Waals surface area contributed by atoms with Crippen LogP contribution in [0.3, 0.4) is 0 Å². The van der Waals surface area contributed by atoms with Gasteiger partial charge in [-0.3, -0.25) is 0 Å². The second-order valence-electron chi connectivity index (χ2n) is 36.9. The predicted octanol–water partition coefficient (Wildman–Crippen LogP) is 35.2. The van der Waals surface area contributed by atoms with Crippen molar-refractivity contribution in [3.63, 3.8) is 0 Å². The quantitative estimate of drug-likeness (QED) is 0.0750. The molecule has 622 valence electrons. The maximum Gasteiger partial charge on any atom is 0.494 e.